The van der Waals surface area contributed by atoms with Crippen LogP contribution in [-0.2, 0) is 9.53 Å². The summed E-state index contributed by atoms with van der Waals surface area (Å²) in [6, 6.07) is 0. The molecule has 3 nitrogen and oxygen atoms in total. The van der Waals surface area contributed by atoms with Gasteiger partial charge in [0, 0.05) is 6.42 Å². The fourth-order valence-electron chi connectivity index (χ4n) is 2.39. The lowest BCUT2D eigenvalue weighted by molar-refractivity contribution is -0.153. The molecule has 0 saturated heterocycles. The van der Waals surface area contributed by atoms with Crippen LogP contribution in [0.4, 0.5) is 0 Å². The SMILES string of the molecule is CC#CCCCCCCCCCCCNCC(=O)OC(C)(C)C. The number of carbonyl (C=O) groups excluding carboxylic acids is 1. The zero-order chi connectivity index (χ0) is 17.4. The third kappa shape index (κ3) is 18.9. The van der Waals surface area contributed by atoms with Crippen molar-refractivity contribution in [3.05, 3.63) is 0 Å². The van der Waals surface area contributed by atoms with Crippen LogP contribution in [0.15, 0.2) is 0 Å². The van der Waals surface area contributed by atoms with Crippen molar-refractivity contribution in [1.29, 1.82) is 0 Å². The Labute approximate surface area is 143 Å². The highest BCUT2D eigenvalue weighted by atomic mass is 16.6. The number of ether oxygens (including phenoxy) is 1. The van der Waals surface area contributed by atoms with Gasteiger partial charge in [-0.1, -0.05) is 44.9 Å². The predicted molar refractivity (Wildman–Crippen MR) is 98.3 cm³/mol. The first-order chi connectivity index (χ1) is 11.0. The fraction of sp³-hybridized carbons (Fsp3) is 0.850. The number of hydrogen-bond donors (Lipinski definition) is 1. The third-order valence-corrected chi connectivity index (χ3v) is 3.52. The van der Waals surface area contributed by atoms with Gasteiger partial charge in [0.1, 0.15) is 5.60 Å². The number of unbranched alkanes of at least 4 members (excludes halogenated alkanes) is 9. The molecular formula is C20H37NO2. The molecule has 0 aromatic carbocycles. The van der Waals surface area contributed by atoms with E-state index in [1.807, 2.05) is 27.7 Å². The van der Waals surface area contributed by atoms with E-state index >= 15 is 0 Å². The molecule has 0 aliphatic carbocycles. The zero-order valence-electron chi connectivity index (χ0n) is 15.8. The van der Waals surface area contributed by atoms with Crippen LogP contribution in [-0.4, -0.2) is 24.7 Å². The Kier molecular flexibility index (Phi) is 13.9. The van der Waals surface area contributed by atoms with Crippen LogP contribution in [0.5, 0.6) is 0 Å². The van der Waals surface area contributed by atoms with Crippen LogP contribution in [0.3, 0.4) is 0 Å². The lowest BCUT2D eigenvalue weighted by atomic mass is 10.1. The summed E-state index contributed by atoms with van der Waals surface area (Å²) in [7, 11) is 0. The summed E-state index contributed by atoms with van der Waals surface area (Å²) in [5.41, 5.74) is -0.387. The maximum atomic E-state index is 11.5. The van der Waals surface area contributed by atoms with Crippen molar-refractivity contribution in [2.45, 2.75) is 97.5 Å². The Bertz CT molecular complexity index is 347. The molecule has 1 N–H and O–H groups in total. The molecule has 0 aromatic heterocycles. The van der Waals surface area contributed by atoms with Crippen LogP contribution >= 0.6 is 0 Å². The summed E-state index contributed by atoms with van der Waals surface area (Å²) in [5, 5.41) is 3.16. The predicted octanol–water partition coefficient (Wildman–Crippen LogP) is 4.84. The highest BCUT2D eigenvalue weighted by Crippen LogP contribution is 2.10. The van der Waals surface area contributed by atoms with Gasteiger partial charge in [0.05, 0.1) is 6.54 Å². The topological polar surface area (TPSA) is 38.3 Å². The monoisotopic (exact) mass is 323 g/mol. The summed E-state index contributed by atoms with van der Waals surface area (Å²) >= 11 is 0. The standard InChI is InChI=1S/C20H37NO2/c1-5-6-7-8-9-10-11-12-13-14-15-16-17-21-18-19(22)23-20(2,3)4/h21H,7-18H2,1-4H3. The maximum Gasteiger partial charge on any atom is 0.320 e. The van der Waals surface area contributed by atoms with E-state index in [1.54, 1.807) is 0 Å². The number of esters is 1. The molecule has 0 aromatic rings. The minimum Gasteiger partial charge on any atom is -0.459 e. The summed E-state index contributed by atoms with van der Waals surface area (Å²) in [5.74, 6) is 5.89. The quantitative estimate of drug-likeness (QED) is 0.299. The molecule has 0 amide bonds. The van der Waals surface area contributed by atoms with Gasteiger partial charge in [-0.25, -0.2) is 0 Å². The van der Waals surface area contributed by atoms with Crippen LogP contribution in [0.25, 0.3) is 0 Å². The third-order valence-electron chi connectivity index (χ3n) is 3.52. The van der Waals surface area contributed by atoms with Gasteiger partial charge in [-0.3, -0.25) is 4.79 Å². The molecule has 0 rings (SSSR count). The van der Waals surface area contributed by atoms with Crippen molar-refractivity contribution in [2.24, 2.45) is 0 Å². The van der Waals surface area contributed by atoms with Gasteiger partial charge in [0.2, 0.25) is 0 Å². The van der Waals surface area contributed by atoms with Gasteiger partial charge < -0.3 is 10.1 Å². The van der Waals surface area contributed by atoms with E-state index in [-0.39, 0.29) is 11.6 Å². The molecule has 0 aliphatic rings. The Morgan fingerprint density at radius 3 is 1.96 bits per heavy atom. The lowest BCUT2D eigenvalue weighted by Crippen LogP contribution is -2.31. The van der Waals surface area contributed by atoms with Crippen molar-refractivity contribution in [3.63, 3.8) is 0 Å². The molecular weight excluding hydrogens is 286 g/mol. The van der Waals surface area contributed by atoms with Crippen molar-refractivity contribution in [3.8, 4) is 11.8 Å². The summed E-state index contributed by atoms with van der Waals surface area (Å²) in [4.78, 5) is 11.5. The molecule has 0 bridgehead atoms. The molecule has 0 aliphatic heterocycles. The molecule has 134 valence electrons. The van der Waals surface area contributed by atoms with Gasteiger partial charge in [-0.05, 0) is 47.1 Å². The van der Waals surface area contributed by atoms with Gasteiger partial charge in [0.15, 0.2) is 0 Å². The molecule has 0 atom stereocenters. The second kappa shape index (κ2) is 14.6. The van der Waals surface area contributed by atoms with Gasteiger partial charge >= 0.3 is 5.97 Å². The molecule has 0 radical (unpaired) electrons. The van der Waals surface area contributed by atoms with E-state index in [0.717, 1.165) is 19.4 Å². The van der Waals surface area contributed by atoms with E-state index in [4.69, 9.17) is 4.74 Å². The Balaban J connectivity index is 3.19. The van der Waals surface area contributed by atoms with Crippen LogP contribution in [0.1, 0.15) is 91.9 Å². The molecule has 0 spiro atoms. The van der Waals surface area contributed by atoms with Crippen molar-refractivity contribution < 1.29 is 9.53 Å². The van der Waals surface area contributed by atoms with Crippen molar-refractivity contribution >= 4 is 5.97 Å². The first-order valence-electron chi connectivity index (χ1n) is 9.28. The Morgan fingerprint density at radius 2 is 1.43 bits per heavy atom. The van der Waals surface area contributed by atoms with Crippen molar-refractivity contribution in [2.75, 3.05) is 13.1 Å². The fourth-order valence-corrected chi connectivity index (χ4v) is 2.39. The van der Waals surface area contributed by atoms with Crippen LogP contribution in [0, 0.1) is 11.8 Å². The van der Waals surface area contributed by atoms with Crippen LogP contribution in [0.2, 0.25) is 0 Å². The van der Waals surface area contributed by atoms with E-state index in [9.17, 15) is 4.79 Å². The zero-order valence-corrected chi connectivity index (χ0v) is 15.8. The second-order valence-corrected chi connectivity index (χ2v) is 7.12. The highest BCUT2D eigenvalue weighted by Gasteiger charge is 2.15. The van der Waals surface area contributed by atoms with E-state index in [2.05, 4.69) is 17.2 Å². The Morgan fingerprint density at radius 1 is 0.913 bits per heavy atom. The first-order valence-corrected chi connectivity index (χ1v) is 9.28. The van der Waals surface area contributed by atoms with E-state index in [1.165, 1.54) is 51.4 Å². The lowest BCUT2D eigenvalue weighted by Gasteiger charge is -2.19. The normalized spacial score (nSPS) is 11.0. The largest absolute Gasteiger partial charge is 0.459 e. The molecule has 0 heterocycles. The van der Waals surface area contributed by atoms with Crippen molar-refractivity contribution in [1.82, 2.24) is 5.32 Å². The molecule has 23 heavy (non-hydrogen) atoms. The van der Waals surface area contributed by atoms with E-state index < -0.39 is 0 Å². The van der Waals surface area contributed by atoms with E-state index in [0.29, 0.717) is 6.54 Å². The van der Waals surface area contributed by atoms with Gasteiger partial charge in [-0.2, -0.15) is 0 Å². The van der Waals surface area contributed by atoms with Gasteiger partial charge in [-0.15, -0.1) is 11.8 Å². The maximum absolute atomic E-state index is 11.5. The minimum absolute atomic E-state index is 0.164. The molecule has 0 unspecified atom stereocenters. The van der Waals surface area contributed by atoms with Gasteiger partial charge in [0.25, 0.3) is 0 Å². The smallest absolute Gasteiger partial charge is 0.320 e. The summed E-state index contributed by atoms with van der Waals surface area (Å²) in [6.07, 6.45) is 12.7. The molecule has 0 fully saturated rings. The molecule has 0 saturated carbocycles. The summed E-state index contributed by atoms with van der Waals surface area (Å²) in [6.45, 7) is 8.81. The average molecular weight is 324 g/mol. The minimum atomic E-state index is -0.387. The average Bonchev–Trinajstić information content (AvgIpc) is 2.46. The number of hydrogen-bond acceptors (Lipinski definition) is 3. The highest BCUT2D eigenvalue weighted by molar-refractivity contribution is 5.72. The number of carbonyl (C=O) groups is 1. The number of rotatable bonds is 13. The summed E-state index contributed by atoms with van der Waals surface area (Å²) < 4.78 is 5.24. The second-order valence-electron chi connectivity index (χ2n) is 7.12. The number of nitrogens with one attached hydrogen (secondary N) is 1. The Hall–Kier alpha value is -1.01. The molecule has 3 heteroatoms. The van der Waals surface area contributed by atoms with Crippen LogP contribution < -0.4 is 5.32 Å². The first kappa shape index (κ1) is 22.0.